The molecule has 2 aromatic carbocycles. The van der Waals surface area contributed by atoms with Gasteiger partial charge in [-0.15, -0.1) is 0 Å². The topological polar surface area (TPSA) is 66.7 Å². The molecule has 0 amide bonds. The molecule has 4 rings (SSSR count). The largest absolute Gasteiger partial charge is 0.510 e. The summed E-state index contributed by atoms with van der Waals surface area (Å²) in [7, 11) is 0. The number of aliphatic hydroxyl groups is 1. The molecule has 1 N–H and O–H groups in total. The Morgan fingerprint density at radius 1 is 1.14 bits per heavy atom. The highest BCUT2D eigenvalue weighted by molar-refractivity contribution is 14.1. The van der Waals surface area contributed by atoms with Crippen LogP contribution in [0.2, 0.25) is 0 Å². The van der Waals surface area contributed by atoms with E-state index in [-0.39, 0.29) is 35.9 Å². The van der Waals surface area contributed by atoms with Crippen LogP contribution in [0.25, 0.3) is 6.08 Å². The highest BCUT2D eigenvalue weighted by Gasteiger charge is 2.38. The average molecular weight is 485 g/mol. The van der Waals surface area contributed by atoms with Crippen LogP contribution in [0.1, 0.15) is 47.7 Å². The number of rotatable bonds is 2. The number of benzene rings is 2. The third-order valence-corrected chi connectivity index (χ3v) is 6.00. The first kappa shape index (κ1) is 19.1. The van der Waals surface area contributed by atoms with Crippen LogP contribution in [-0.2, 0) is 11.2 Å². The van der Waals surface area contributed by atoms with E-state index in [4.69, 9.17) is 0 Å². The molecule has 0 radical (unpaired) electrons. The second kappa shape index (κ2) is 7.28. The molecule has 5 heteroatoms. The lowest BCUT2D eigenvalue weighted by Gasteiger charge is -2.23. The third kappa shape index (κ3) is 3.32. The quantitative estimate of drug-likeness (QED) is 0.522. The first-order valence-corrected chi connectivity index (χ1v) is 10.4. The molecule has 0 saturated heterocycles. The first-order chi connectivity index (χ1) is 13.3. The van der Waals surface area contributed by atoms with Gasteiger partial charge in [0, 0.05) is 22.0 Å². The fourth-order valence-corrected chi connectivity index (χ4v) is 4.23. The van der Waals surface area contributed by atoms with E-state index in [1.807, 2.05) is 30.3 Å². The Morgan fingerprint density at radius 3 is 2.68 bits per heavy atom. The summed E-state index contributed by atoms with van der Waals surface area (Å²) in [6.07, 6.45) is 2.34. The van der Waals surface area contributed by atoms with Gasteiger partial charge < -0.3 is 5.11 Å². The molecule has 2 aliphatic rings. The van der Waals surface area contributed by atoms with Gasteiger partial charge >= 0.3 is 0 Å². The summed E-state index contributed by atoms with van der Waals surface area (Å²) in [5.41, 5.74) is 2.66. The van der Waals surface area contributed by atoms with Gasteiger partial charge in [0.1, 0.15) is 11.7 Å². The number of nitrogens with zero attached hydrogens (tertiary/aromatic N) is 1. The Kier molecular flexibility index (Phi) is 4.95. The molecule has 28 heavy (non-hydrogen) atoms. The SMILES string of the molecule is CC(C)c1ccc2c(c1)=CCC(O)=C(C1C(=O)Cc3ccc(I)cc3C1=O)N=2. The van der Waals surface area contributed by atoms with Crippen LogP contribution in [0.3, 0.4) is 0 Å². The maximum absolute atomic E-state index is 13.2. The molecule has 2 aromatic rings. The van der Waals surface area contributed by atoms with Crippen LogP contribution in [0.4, 0.5) is 0 Å². The molecule has 1 aliphatic carbocycles. The number of hydrogen-bond acceptors (Lipinski definition) is 4. The molecule has 1 heterocycles. The average Bonchev–Trinajstić information content (AvgIpc) is 2.81. The summed E-state index contributed by atoms with van der Waals surface area (Å²) < 4.78 is 0.939. The summed E-state index contributed by atoms with van der Waals surface area (Å²) in [4.78, 5) is 30.6. The van der Waals surface area contributed by atoms with Crippen molar-refractivity contribution in [1.82, 2.24) is 0 Å². The number of hydrogen-bond donors (Lipinski definition) is 1. The summed E-state index contributed by atoms with van der Waals surface area (Å²) in [6, 6.07) is 11.5. The standard InChI is InChI=1S/C23H20INO3/c1-12(2)13-4-7-18-15(9-13)5-8-19(26)22(25-18)21-20(27)10-14-3-6-16(24)11-17(14)23(21)28/h3-7,9,11-12,21,26H,8,10H2,1-2H3. The second-order valence-corrected chi connectivity index (χ2v) is 8.81. The molecular weight excluding hydrogens is 465 g/mol. The van der Waals surface area contributed by atoms with Crippen molar-refractivity contribution in [2.45, 2.75) is 32.6 Å². The maximum atomic E-state index is 13.2. The minimum Gasteiger partial charge on any atom is -0.510 e. The molecular formula is C23H20INO3. The van der Waals surface area contributed by atoms with Crippen molar-refractivity contribution in [2.75, 3.05) is 0 Å². The van der Waals surface area contributed by atoms with Gasteiger partial charge in [-0.2, -0.15) is 0 Å². The van der Waals surface area contributed by atoms with Crippen LogP contribution >= 0.6 is 22.6 Å². The zero-order valence-corrected chi connectivity index (χ0v) is 17.9. The van der Waals surface area contributed by atoms with E-state index in [1.54, 1.807) is 6.07 Å². The van der Waals surface area contributed by atoms with E-state index in [0.717, 1.165) is 14.4 Å². The fraction of sp³-hybridized carbons (Fsp3) is 0.261. The predicted molar refractivity (Wildman–Crippen MR) is 116 cm³/mol. The Morgan fingerprint density at radius 2 is 1.93 bits per heavy atom. The first-order valence-electron chi connectivity index (χ1n) is 9.31. The van der Waals surface area contributed by atoms with Crippen molar-refractivity contribution in [3.05, 3.63) is 78.7 Å². The monoisotopic (exact) mass is 485 g/mol. The molecule has 0 aromatic heterocycles. The van der Waals surface area contributed by atoms with Crippen LogP contribution in [0.15, 0.2) is 52.8 Å². The Bertz CT molecular complexity index is 1160. The van der Waals surface area contributed by atoms with Crippen molar-refractivity contribution in [1.29, 1.82) is 0 Å². The fourth-order valence-electron chi connectivity index (χ4n) is 3.73. The number of ketones is 2. The van der Waals surface area contributed by atoms with Crippen LogP contribution in [-0.4, -0.2) is 16.7 Å². The Balaban J connectivity index is 1.83. The van der Waals surface area contributed by atoms with Gasteiger partial charge in [-0.1, -0.05) is 32.1 Å². The molecule has 4 nitrogen and oxygen atoms in total. The predicted octanol–water partition coefficient (Wildman–Crippen LogP) is 3.61. The molecule has 1 aliphatic heterocycles. The second-order valence-electron chi connectivity index (χ2n) is 7.57. The lowest BCUT2D eigenvalue weighted by atomic mass is 9.79. The number of allylic oxidation sites excluding steroid dienone is 2. The number of aliphatic hydroxyl groups excluding tert-OH is 1. The minimum atomic E-state index is -1.05. The van der Waals surface area contributed by atoms with Crippen molar-refractivity contribution in [2.24, 2.45) is 10.9 Å². The number of carbonyl (C=O) groups is 2. The van der Waals surface area contributed by atoms with E-state index in [2.05, 4.69) is 47.5 Å². The number of fused-ring (bicyclic) bond motifs is 2. The summed E-state index contributed by atoms with van der Waals surface area (Å²) in [5, 5.41) is 12.2. The smallest absolute Gasteiger partial charge is 0.179 e. The minimum absolute atomic E-state index is 0.0110. The van der Waals surface area contributed by atoms with Crippen LogP contribution in [0, 0.1) is 9.49 Å². The summed E-state index contributed by atoms with van der Waals surface area (Å²) in [5.74, 6) is -1.18. The van der Waals surface area contributed by atoms with E-state index in [0.29, 0.717) is 16.8 Å². The number of Topliss-reactive ketones (excluding diaryl/α,β-unsaturated/α-hetero) is 2. The van der Waals surface area contributed by atoms with Gasteiger partial charge in [-0.25, -0.2) is 4.99 Å². The zero-order chi connectivity index (χ0) is 20.0. The molecule has 0 fully saturated rings. The molecule has 142 valence electrons. The van der Waals surface area contributed by atoms with Gasteiger partial charge in [-0.05, 0) is 69.1 Å². The highest BCUT2D eigenvalue weighted by Crippen LogP contribution is 2.31. The lowest BCUT2D eigenvalue weighted by molar-refractivity contribution is -0.120. The molecule has 0 saturated carbocycles. The zero-order valence-electron chi connectivity index (χ0n) is 15.7. The molecule has 0 bridgehead atoms. The van der Waals surface area contributed by atoms with Gasteiger partial charge in [0.15, 0.2) is 11.6 Å². The molecule has 1 atom stereocenters. The van der Waals surface area contributed by atoms with Crippen molar-refractivity contribution < 1.29 is 14.7 Å². The normalized spacial score (nSPS) is 18.9. The molecule has 0 spiro atoms. The summed E-state index contributed by atoms with van der Waals surface area (Å²) >= 11 is 2.15. The number of carbonyl (C=O) groups excluding carboxylic acids is 2. The van der Waals surface area contributed by atoms with Crippen LogP contribution < -0.4 is 10.6 Å². The molecule has 1 unspecified atom stereocenters. The maximum Gasteiger partial charge on any atom is 0.179 e. The van der Waals surface area contributed by atoms with Gasteiger partial charge in [0.05, 0.1) is 11.1 Å². The van der Waals surface area contributed by atoms with Crippen molar-refractivity contribution in [3.63, 3.8) is 0 Å². The van der Waals surface area contributed by atoms with E-state index in [1.165, 1.54) is 5.56 Å². The van der Waals surface area contributed by atoms with Gasteiger partial charge in [-0.3, -0.25) is 9.59 Å². The Labute approximate surface area is 176 Å². The third-order valence-electron chi connectivity index (χ3n) is 5.33. The summed E-state index contributed by atoms with van der Waals surface area (Å²) in [6.45, 7) is 4.24. The van der Waals surface area contributed by atoms with E-state index >= 15 is 0 Å². The highest BCUT2D eigenvalue weighted by atomic mass is 127. The van der Waals surface area contributed by atoms with Crippen LogP contribution in [0.5, 0.6) is 0 Å². The number of halogens is 1. The van der Waals surface area contributed by atoms with E-state index < -0.39 is 5.92 Å². The van der Waals surface area contributed by atoms with Crippen molar-refractivity contribution in [3.8, 4) is 0 Å². The van der Waals surface area contributed by atoms with Gasteiger partial charge in [0.25, 0.3) is 0 Å². The van der Waals surface area contributed by atoms with E-state index in [9.17, 15) is 14.7 Å². The lowest BCUT2D eigenvalue weighted by Crippen LogP contribution is -2.34. The van der Waals surface area contributed by atoms with Gasteiger partial charge in [0.2, 0.25) is 0 Å². The van der Waals surface area contributed by atoms with Crippen molar-refractivity contribution >= 4 is 40.2 Å². The Hall–Kier alpha value is -2.28.